The number of aromatic nitrogens is 3. The first-order valence-corrected chi connectivity index (χ1v) is 4.86. The molecule has 1 saturated heterocycles. The molecular weight excluding hydrogens is 198 g/mol. The van der Waals surface area contributed by atoms with Gasteiger partial charge >= 0.3 is 5.69 Å². The number of nitrogens with zero attached hydrogens (tertiary/aromatic N) is 2. The lowest BCUT2D eigenvalue weighted by atomic mass is 10.1. The standard InChI is InChI=1S/C8H13N5O2/c9-5-2-1-3-13(4-5)6-7(14)10-8(15)12-11-6/h5H,1-4,9H2,(H2,10,12,14,15). The minimum absolute atomic E-state index is 0.0619. The smallest absolute Gasteiger partial charge is 0.342 e. The number of piperidine rings is 1. The Morgan fingerprint density at radius 3 is 2.93 bits per heavy atom. The summed E-state index contributed by atoms with van der Waals surface area (Å²) in [5.41, 5.74) is 4.73. The van der Waals surface area contributed by atoms with E-state index in [-0.39, 0.29) is 11.9 Å². The van der Waals surface area contributed by atoms with E-state index in [0.29, 0.717) is 6.54 Å². The second-order valence-corrected chi connectivity index (χ2v) is 3.68. The molecule has 2 rings (SSSR count). The number of nitrogens with two attached hydrogens (primary N) is 1. The Labute approximate surface area is 85.3 Å². The third-order valence-corrected chi connectivity index (χ3v) is 2.45. The fraction of sp³-hybridized carbons (Fsp3) is 0.625. The summed E-state index contributed by atoms with van der Waals surface area (Å²) in [6.45, 7) is 1.35. The van der Waals surface area contributed by atoms with Gasteiger partial charge in [-0.1, -0.05) is 0 Å². The van der Waals surface area contributed by atoms with Gasteiger partial charge in [0, 0.05) is 19.1 Å². The summed E-state index contributed by atoms with van der Waals surface area (Å²) in [4.78, 5) is 26.1. The Kier molecular flexibility index (Phi) is 2.55. The number of hydrogen-bond donors (Lipinski definition) is 3. The minimum atomic E-state index is -0.593. The van der Waals surface area contributed by atoms with Crippen LogP contribution in [0.4, 0.5) is 5.82 Å². The van der Waals surface area contributed by atoms with Gasteiger partial charge in [-0.05, 0) is 12.8 Å². The molecule has 0 spiro atoms. The highest BCUT2D eigenvalue weighted by atomic mass is 16.2. The molecule has 0 radical (unpaired) electrons. The van der Waals surface area contributed by atoms with E-state index in [4.69, 9.17) is 5.73 Å². The first-order valence-electron chi connectivity index (χ1n) is 4.86. The van der Waals surface area contributed by atoms with Crippen molar-refractivity contribution >= 4 is 5.82 Å². The lowest BCUT2D eigenvalue weighted by molar-refractivity contribution is 0.499. The Bertz CT molecular complexity index is 451. The molecule has 0 saturated carbocycles. The summed E-state index contributed by atoms with van der Waals surface area (Å²) >= 11 is 0. The van der Waals surface area contributed by atoms with Crippen LogP contribution in [0.5, 0.6) is 0 Å². The van der Waals surface area contributed by atoms with Crippen LogP contribution < -0.4 is 21.9 Å². The highest BCUT2D eigenvalue weighted by molar-refractivity contribution is 5.34. The molecule has 0 amide bonds. The molecule has 1 aliphatic heterocycles. The van der Waals surface area contributed by atoms with Crippen LogP contribution in [-0.4, -0.2) is 34.3 Å². The van der Waals surface area contributed by atoms with Gasteiger partial charge in [0.15, 0.2) is 0 Å². The molecule has 0 aliphatic carbocycles. The normalized spacial score (nSPS) is 21.7. The largest absolute Gasteiger partial charge is 0.349 e. The summed E-state index contributed by atoms with van der Waals surface area (Å²) in [6.07, 6.45) is 1.89. The van der Waals surface area contributed by atoms with Gasteiger partial charge in [-0.2, -0.15) is 0 Å². The van der Waals surface area contributed by atoms with Crippen LogP contribution in [0, 0.1) is 0 Å². The predicted molar refractivity (Wildman–Crippen MR) is 54.9 cm³/mol. The molecule has 82 valence electrons. The zero-order chi connectivity index (χ0) is 10.8. The van der Waals surface area contributed by atoms with Gasteiger partial charge in [0.2, 0.25) is 5.82 Å². The van der Waals surface area contributed by atoms with E-state index in [1.54, 1.807) is 4.90 Å². The molecule has 1 atom stereocenters. The first kappa shape index (κ1) is 9.91. The van der Waals surface area contributed by atoms with E-state index >= 15 is 0 Å². The lowest BCUT2D eigenvalue weighted by Gasteiger charge is -2.30. The molecule has 15 heavy (non-hydrogen) atoms. The van der Waals surface area contributed by atoms with Crippen molar-refractivity contribution in [3.8, 4) is 0 Å². The molecule has 0 aromatic carbocycles. The van der Waals surface area contributed by atoms with E-state index in [1.807, 2.05) is 0 Å². The van der Waals surface area contributed by atoms with E-state index in [1.165, 1.54) is 0 Å². The number of hydrogen-bond acceptors (Lipinski definition) is 5. The number of rotatable bonds is 1. The number of H-pyrrole nitrogens is 2. The topological polar surface area (TPSA) is 108 Å². The molecule has 1 unspecified atom stereocenters. The van der Waals surface area contributed by atoms with E-state index in [9.17, 15) is 9.59 Å². The molecule has 2 heterocycles. The Hall–Kier alpha value is -1.63. The van der Waals surface area contributed by atoms with Gasteiger partial charge < -0.3 is 10.6 Å². The predicted octanol–water partition coefficient (Wildman–Crippen LogP) is -1.61. The quantitative estimate of drug-likeness (QED) is 0.517. The summed E-state index contributed by atoms with van der Waals surface area (Å²) in [7, 11) is 0. The molecule has 1 aromatic heterocycles. The van der Waals surface area contributed by atoms with Crippen LogP contribution in [0.1, 0.15) is 12.8 Å². The number of nitrogens with one attached hydrogen (secondary N) is 2. The second kappa shape index (κ2) is 3.85. The van der Waals surface area contributed by atoms with Crippen molar-refractivity contribution in [3.63, 3.8) is 0 Å². The molecular formula is C8H13N5O2. The summed E-state index contributed by atoms with van der Waals surface area (Å²) in [5, 5.41) is 5.93. The van der Waals surface area contributed by atoms with Gasteiger partial charge in [0.25, 0.3) is 5.56 Å². The average Bonchev–Trinajstić information content (AvgIpc) is 2.17. The van der Waals surface area contributed by atoms with Gasteiger partial charge in [0.1, 0.15) is 0 Å². The first-order chi connectivity index (χ1) is 7.16. The second-order valence-electron chi connectivity index (χ2n) is 3.68. The van der Waals surface area contributed by atoms with Crippen LogP contribution in [0.2, 0.25) is 0 Å². The van der Waals surface area contributed by atoms with Crippen molar-refractivity contribution in [2.75, 3.05) is 18.0 Å². The molecule has 7 heteroatoms. The highest BCUT2D eigenvalue weighted by Crippen LogP contribution is 2.11. The van der Waals surface area contributed by atoms with E-state index in [0.717, 1.165) is 19.4 Å². The maximum atomic E-state index is 11.4. The van der Waals surface area contributed by atoms with Crippen molar-refractivity contribution in [2.45, 2.75) is 18.9 Å². The summed E-state index contributed by atoms with van der Waals surface area (Å²) in [6, 6.07) is 0.0619. The van der Waals surface area contributed by atoms with E-state index < -0.39 is 11.2 Å². The van der Waals surface area contributed by atoms with Crippen LogP contribution >= 0.6 is 0 Å². The summed E-state index contributed by atoms with van der Waals surface area (Å²) in [5.74, 6) is 0.241. The number of aromatic amines is 2. The third-order valence-electron chi connectivity index (χ3n) is 2.45. The molecule has 0 bridgehead atoms. The molecule has 1 aliphatic rings. The highest BCUT2D eigenvalue weighted by Gasteiger charge is 2.20. The monoisotopic (exact) mass is 211 g/mol. The Balaban J connectivity index is 2.29. The SMILES string of the molecule is NC1CCCN(c2n[nH]c(=O)[nH]c2=O)C1. The van der Waals surface area contributed by atoms with Crippen LogP contribution in [-0.2, 0) is 0 Å². The fourth-order valence-electron chi connectivity index (χ4n) is 1.76. The molecule has 4 N–H and O–H groups in total. The zero-order valence-electron chi connectivity index (χ0n) is 8.19. The van der Waals surface area contributed by atoms with Crippen LogP contribution in [0.15, 0.2) is 9.59 Å². The average molecular weight is 211 g/mol. The van der Waals surface area contributed by atoms with Gasteiger partial charge in [-0.15, -0.1) is 5.10 Å². The number of anilines is 1. The Morgan fingerprint density at radius 1 is 1.47 bits per heavy atom. The minimum Gasteiger partial charge on any atom is -0.349 e. The van der Waals surface area contributed by atoms with Gasteiger partial charge in [0.05, 0.1) is 0 Å². The molecule has 7 nitrogen and oxygen atoms in total. The van der Waals surface area contributed by atoms with Crippen molar-refractivity contribution < 1.29 is 0 Å². The van der Waals surface area contributed by atoms with Crippen molar-refractivity contribution in [3.05, 3.63) is 20.8 Å². The third kappa shape index (κ3) is 2.07. The summed E-state index contributed by atoms with van der Waals surface area (Å²) < 4.78 is 0. The van der Waals surface area contributed by atoms with Gasteiger partial charge in [-0.3, -0.25) is 9.78 Å². The zero-order valence-corrected chi connectivity index (χ0v) is 8.19. The fourth-order valence-corrected chi connectivity index (χ4v) is 1.76. The van der Waals surface area contributed by atoms with Crippen molar-refractivity contribution in [1.29, 1.82) is 0 Å². The molecule has 1 aromatic rings. The van der Waals surface area contributed by atoms with Gasteiger partial charge in [-0.25, -0.2) is 9.89 Å². The van der Waals surface area contributed by atoms with Crippen LogP contribution in [0.3, 0.4) is 0 Å². The maximum absolute atomic E-state index is 11.4. The Morgan fingerprint density at radius 2 is 2.27 bits per heavy atom. The molecule has 1 fully saturated rings. The van der Waals surface area contributed by atoms with Crippen LogP contribution in [0.25, 0.3) is 0 Å². The van der Waals surface area contributed by atoms with Crippen molar-refractivity contribution in [2.24, 2.45) is 5.73 Å². The lowest BCUT2D eigenvalue weighted by Crippen LogP contribution is -2.46. The van der Waals surface area contributed by atoms with Crippen molar-refractivity contribution in [1.82, 2.24) is 15.2 Å². The maximum Gasteiger partial charge on any atom is 0.342 e. The van der Waals surface area contributed by atoms with E-state index in [2.05, 4.69) is 15.2 Å².